The first kappa shape index (κ1) is 16.5. The molecule has 0 aliphatic rings. The van der Waals surface area contributed by atoms with Crippen LogP contribution >= 0.6 is 0 Å². The van der Waals surface area contributed by atoms with Gasteiger partial charge in [-0.2, -0.15) is 18.2 Å². The van der Waals surface area contributed by atoms with Gasteiger partial charge in [-0.05, 0) is 12.5 Å². The summed E-state index contributed by atoms with van der Waals surface area (Å²) in [5, 5.41) is 0. The molecule has 0 fully saturated rings. The second-order valence-electron chi connectivity index (χ2n) is 3.50. The van der Waals surface area contributed by atoms with E-state index in [1.165, 1.54) is 11.1 Å². The van der Waals surface area contributed by atoms with Crippen LogP contribution in [0, 0.1) is 13.0 Å². The van der Waals surface area contributed by atoms with Crippen LogP contribution in [0.1, 0.15) is 11.1 Å². The summed E-state index contributed by atoms with van der Waals surface area (Å²) in [7, 11) is 0. The maximum atomic E-state index is 5.59. The molecule has 0 heterocycles. The number of hydrogen-bond donors (Lipinski definition) is 0. The second-order valence-corrected chi connectivity index (χ2v) is 3.50. The van der Waals surface area contributed by atoms with Crippen LogP contribution in [0.5, 0.6) is 5.75 Å². The molecule has 0 aromatic heterocycles. The van der Waals surface area contributed by atoms with Crippen molar-refractivity contribution >= 4 is 23.1 Å². The van der Waals surface area contributed by atoms with Crippen LogP contribution in [-0.4, -0.2) is 23.1 Å². The van der Waals surface area contributed by atoms with Crippen molar-refractivity contribution in [3.05, 3.63) is 65.7 Å². The minimum absolute atomic E-state index is 0. The molecule has 0 spiro atoms. The minimum atomic E-state index is 0. The predicted octanol–water partition coefficient (Wildman–Crippen LogP) is -0.00259. The van der Waals surface area contributed by atoms with Gasteiger partial charge in [0.2, 0.25) is 0 Å². The summed E-state index contributed by atoms with van der Waals surface area (Å²) >= 11 is 0. The van der Waals surface area contributed by atoms with Gasteiger partial charge >= 0.3 is 23.1 Å². The maximum Gasteiger partial charge on any atom is 2.00 e. The molecule has 0 radical (unpaired) electrons. The zero-order valence-electron chi connectivity index (χ0n) is 9.82. The average Bonchev–Trinajstić information content (AvgIpc) is 2.28. The zero-order valence-corrected chi connectivity index (χ0v) is 12.8. The fourth-order valence-corrected chi connectivity index (χ4v) is 1.43. The summed E-state index contributed by atoms with van der Waals surface area (Å²) < 4.78 is 5.59. The van der Waals surface area contributed by atoms with Crippen molar-refractivity contribution in [2.75, 3.05) is 0 Å². The Bertz CT molecular complexity index is 431. The fourth-order valence-electron chi connectivity index (χ4n) is 1.43. The van der Waals surface area contributed by atoms with Gasteiger partial charge < -0.3 is 21.7 Å². The van der Waals surface area contributed by atoms with E-state index in [-0.39, 0.29) is 40.0 Å². The van der Waals surface area contributed by atoms with Crippen LogP contribution in [0.2, 0.25) is 0 Å². The summed E-state index contributed by atoms with van der Waals surface area (Å²) in [6.45, 7) is 2.68. The zero-order chi connectivity index (χ0) is 10.5. The molecule has 84 valence electrons. The molecule has 0 bridgehead atoms. The molecule has 0 saturated heterocycles. The van der Waals surface area contributed by atoms with E-state index in [0.29, 0.717) is 6.61 Å². The Hall–Kier alpha value is -0.514. The number of ether oxygens (including phenoxy) is 1. The first-order chi connectivity index (χ1) is 7.34. The Morgan fingerprint density at radius 3 is 2.59 bits per heavy atom. The summed E-state index contributed by atoms with van der Waals surface area (Å²) in [5.41, 5.74) is 2.44. The smallest absolute Gasteiger partial charge is 1.00 e. The van der Waals surface area contributed by atoms with E-state index in [4.69, 9.17) is 4.74 Å². The quantitative estimate of drug-likeness (QED) is 0.573. The number of hydrogen-bond acceptors (Lipinski definition) is 1. The molecule has 0 N–H and O–H groups in total. The molecule has 0 aliphatic carbocycles. The fraction of sp³-hybridized carbons (Fsp3) is 0.143. The Kier molecular flexibility index (Phi) is 8.30. The van der Waals surface area contributed by atoms with Gasteiger partial charge in [0.1, 0.15) is 6.61 Å². The van der Waals surface area contributed by atoms with Crippen LogP contribution in [0.3, 0.4) is 0 Å². The molecule has 0 aliphatic heterocycles. The minimum Gasteiger partial charge on any atom is -1.00 e. The van der Waals surface area contributed by atoms with E-state index in [2.05, 4.69) is 31.2 Å². The van der Waals surface area contributed by atoms with Crippen molar-refractivity contribution in [2.45, 2.75) is 13.5 Å². The first-order valence-electron chi connectivity index (χ1n) is 5.00. The molecular formula is C14H13BrMgO. The summed E-state index contributed by atoms with van der Waals surface area (Å²) in [6.07, 6.45) is 0. The van der Waals surface area contributed by atoms with Crippen molar-refractivity contribution in [1.29, 1.82) is 0 Å². The summed E-state index contributed by atoms with van der Waals surface area (Å²) in [5.74, 6) is 0.791. The Labute approximate surface area is 129 Å². The normalized spacial score (nSPS) is 8.76. The molecule has 2 aromatic rings. The van der Waals surface area contributed by atoms with Crippen LogP contribution < -0.4 is 21.7 Å². The van der Waals surface area contributed by atoms with Gasteiger partial charge in [0.05, 0.1) is 0 Å². The Morgan fingerprint density at radius 2 is 1.94 bits per heavy atom. The van der Waals surface area contributed by atoms with Crippen molar-refractivity contribution in [3.8, 4) is 5.75 Å². The molecule has 0 saturated carbocycles. The molecule has 0 atom stereocenters. The van der Waals surface area contributed by atoms with Crippen LogP contribution in [0.25, 0.3) is 0 Å². The van der Waals surface area contributed by atoms with Gasteiger partial charge in [0.15, 0.2) is 0 Å². The molecule has 0 unspecified atom stereocenters. The van der Waals surface area contributed by atoms with E-state index in [1.807, 2.05) is 30.3 Å². The summed E-state index contributed by atoms with van der Waals surface area (Å²) in [6, 6.07) is 19.0. The van der Waals surface area contributed by atoms with Gasteiger partial charge in [-0.25, -0.2) is 0 Å². The standard InChI is InChI=1S/C14H13O.BrH.Mg/c1-12-6-5-7-13(10-12)11-15-14-8-3-2-4-9-14;;/h2-8,10H,11H2,1H3;1H;/q-1;;+2/p-1. The second kappa shape index (κ2) is 8.56. The first-order valence-corrected chi connectivity index (χ1v) is 5.00. The molecule has 17 heavy (non-hydrogen) atoms. The third kappa shape index (κ3) is 5.57. The molecule has 0 amide bonds. The van der Waals surface area contributed by atoms with Crippen molar-refractivity contribution in [3.63, 3.8) is 0 Å². The number of halogens is 1. The number of rotatable bonds is 3. The Balaban J connectivity index is 0.00000128. The van der Waals surface area contributed by atoms with Gasteiger partial charge in [-0.3, -0.25) is 0 Å². The topological polar surface area (TPSA) is 9.23 Å². The van der Waals surface area contributed by atoms with E-state index < -0.39 is 0 Å². The van der Waals surface area contributed by atoms with E-state index in [9.17, 15) is 0 Å². The third-order valence-electron chi connectivity index (χ3n) is 2.16. The largest absolute Gasteiger partial charge is 2.00 e. The predicted molar refractivity (Wildman–Crippen MR) is 66.5 cm³/mol. The van der Waals surface area contributed by atoms with Crippen molar-refractivity contribution < 1.29 is 21.7 Å². The van der Waals surface area contributed by atoms with E-state index in [1.54, 1.807) is 0 Å². The Morgan fingerprint density at radius 1 is 1.12 bits per heavy atom. The average molecular weight is 301 g/mol. The van der Waals surface area contributed by atoms with E-state index >= 15 is 0 Å². The molecule has 3 heteroatoms. The van der Waals surface area contributed by atoms with Crippen molar-refractivity contribution in [1.82, 2.24) is 0 Å². The van der Waals surface area contributed by atoms with Crippen LogP contribution in [0.4, 0.5) is 0 Å². The van der Waals surface area contributed by atoms with Gasteiger partial charge in [-0.1, -0.05) is 29.8 Å². The molecular weight excluding hydrogens is 288 g/mol. The SMILES string of the molecule is Cc1cccc(COc2[c-]cccc2)c1.[Br-].[Mg+2]. The van der Waals surface area contributed by atoms with E-state index in [0.717, 1.165) is 5.75 Å². The molecule has 1 nitrogen and oxygen atoms in total. The number of benzene rings is 2. The number of aryl methyl sites for hydroxylation is 1. The van der Waals surface area contributed by atoms with Crippen molar-refractivity contribution in [2.24, 2.45) is 0 Å². The number of para-hydroxylation sites is 1. The molecule has 2 aromatic carbocycles. The van der Waals surface area contributed by atoms with Crippen LogP contribution in [-0.2, 0) is 6.61 Å². The summed E-state index contributed by atoms with van der Waals surface area (Å²) in [4.78, 5) is 0. The molecule has 2 rings (SSSR count). The van der Waals surface area contributed by atoms with Gasteiger partial charge in [-0.15, -0.1) is 12.1 Å². The maximum absolute atomic E-state index is 5.59. The van der Waals surface area contributed by atoms with Gasteiger partial charge in [0, 0.05) is 5.75 Å². The third-order valence-corrected chi connectivity index (χ3v) is 2.16. The monoisotopic (exact) mass is 300 g/mol. The van der Waals surface area contributed by atoms with Gasteiger partial charge in [0.25, 0.3) is 0 Å². The van der Waals surface area contributed by atoms with Crippen LogP contribution in [0.15, 0.2) is 48.5 Å².